The van der Waals surface area contributed by atoms with Crippen molar-refractivity contribution in [1.82, 2.24) is 0 Å². The first-order valence-corrected chi connectivity index (χ1v) is 5.24. The molecule has 1 aromatic carbocycles. The highest BCUT2D eigenvalue weighted by molar-refractivity contribution is 5.81. The third kappa shape index (κ3) is 2.06. The number of carbonyl (C=O) groups is 1. The first-order valence-electron chi connectivity index (χ1n) is 5.24. The number of carboxylic acid groups (broad SMARTS) is 1. The van der Waals surface area contributed by atoms with Gasteiger partial charge in [-0.05, 0) is 18.9 Å². The quantitative estimate of drug-likeness (QED) is 0.843. The van der Waals surface area contributed by atoms with Gasteiger partial charge >= 0.3 is 5.97 Å². The number of carboxylic acids is 1. The van der Waals surface area contributed by atoms with E-state index in [0.717, 1.165) is 5.56 Å². The van der Waals surface area contributed by atoms with Gasteiger partial charge < -0.3 is 5.11 Å². The van der Waals surface area contributed by atoms with E-state index in [0.29, 0.717) is 12.0 Å². The minimum absolute atomic E-state index is 0.00188. The van der Waals surface area contributed by atoms with E-state index in [4.69, 9.17) is 5.26 Å². The molecule has 0 heterocycles. The molecule has 0 saturated heterocycles. The first-order chi connectivity index (χ1) is 7.56. The molecule has 1 N–H and O–H groups in total. The molecule has 1 rings (SSSR count). The van der Waals surface area contributed by atoms with Crippen molar-refractivity contribution >= 4 is 5.97 Å². The fourth-order valence-electron chi connectivity index (χ4n) is 1.79. The van der Waals surface area contributed by atoms with Crippen LogP contribution in [0.5, 0.6) is 0 Å². The van der Waals surface area contributed by atoms with Crippen LogP contribution in [0.4, 0.5) is 0 Å². The number of nitrogens with zero attached hydrogens (tertiary/aromatic N) is 1. The van der Waals surface area contributed by atoms with Crippen LogP contribution in [0.15, 0.2) is 24.3 Å². The summed E-state index contributed by atoms with van der Waals surface area (Å²) in [5.74, 6) is -0.930. The highest BCUT2D eigenvalue weighted by Gasteiger charge is 2.38. The lowest BCUT2D eigenvalue weighted by Crippen LogP contribution is -2.34. The van der Waals surface area contributed by atoms with Gasteiger partial charge in [0, 0.05) is 0 Å². The fourth-order valence-corrected chi connectivity index (χ4v) is 1.79. The Morgan fingerprint density at radius 3 is 2.38 bits per heavy atom. The molecule has 0 fully saturated rings. The smallest absolute Gasteiger partial charge is 0.315 e. The molecule has 84 valence electrons. The summed E-state index contributed by atoms with van der Waals surface area (Å²) in [6.07, 6.45) is 0.418. The molecule has 16 heavy (non-hydrogen) atoms. The first kappa shape index (κ1) is 12.3. The number of rotatable bonds is 4. The highest BCUT2D eigenvalue weighted by Crippen LogP contribution is 2.32. The number of hydrogen-bond acceptors (Lipinski definition) is 2. The van der Waals surface area contributed by atoms with Gasteiger partial charge in [-0.3, -0.25) is 4.79 Å². The van der Waals surface area contributed by atoms with Crippen LogP contribution in [0.3, 0.4) is 0 Å². The average molecular weight is 217 g/mol. The zero-order valence-corrected chi connectivity index (χ0v) is 9.53. The SMILES string of the molecule is CCC(CC#N)(C(=O)O)c1ccc(C)cc1. The number of benzene rings is 1. The van der Waals surface area contributed by atoms with Crippen LogP contribution >= 0.6 is 0 Å². The van der Waals surface area contributed by atoms with Gasteiger partial charge in [-0.25, -0.2) is 0 Å². The lowest BCUT2D eigenvalue weighted by Gasteiger charge is -2.26. The zero-order chi connectivity index (χ0) is 12.2. The molecule has 0 saturated carbocycles. The lowest BCUT2D eigenvalue weighted by atomic mass is 9.75. The van der Waals surface area contributed by atoms with Crippen LogP contribution in [0.2, 0.25) is 0 Å². The van der Waals surface area contributed by atoms with Crippen LogP contribution in [0.1, 0.15) is 30.9 Å². The number of aryl methyl sites for hydroxylation is 1. The van der Waals surface area contributed by atoms with Crippen molar-refractivity contribution in [3.8, 4) is 6.07 Å². The Bertz CT molecular complexity index is 417. The van der Waals surface area contributed by atoms with E-state index in [1.54, 1.807) is 19.1 Å². The molecule has 0 amide bonds. The van der Waals surface area contributed by atoms with Crippen molar-refractivity contribution in [2.45, 2.75) is 32.1 Å². The molecule has 1 atom stereocenters. The largest absolute Gasteiger partial charge is 0.481 e. The van der Waals surface area contributed by atoms with Crippen LogP contribution in [-0.2, 0) is 10.2 Å². The zero-order valence-electron chi connectivity index (χ0n) is 9.53. The van der Waals surface area contributed by atoms with Gasteiger partial charge in [0.25, 0.3) is 0 Å². The molecular weight excluding hydrogens is 202 g/mol. The van der Waals surface area contributed by atoms with Crippen molar-refractivity contribution in [2.75, 3.05) is 0 Å². The van der Waals surface area contributed by atoms with Crippen LogP contribution < -0.4 is 0 Å². The molecule has 1 aromatic rings. The Labute approximate surface area is 95.3 Å². The van der Waals surface area contributed by atoms with Gasteiger partial charge in [0.1, 0.15) is 5.41 Å². The summed E-state index contributed by atoms with van der Waals surface area (Å²) in [6.45, 7) is 3.74. The van der Waals surface area contributed by atoms with Crippen molar-refractivity contribution in [3.63, 3.8) is 0 Å². The van der Waals surface area contributed by atoms with Gasteiger partial charge in [-0.1, -0.05) is 36.8 Å². The number of hydrogen-bond donors (Lipinski definition) is 1. The maximum atomic E-state index is 11.4. The van der Waals surface area contributed by atoms with Gasteiger partial charge in [0.05, 0.1) is 12.5 Å². The molecule has 3 nitrogen and oxygen atoms in total. The molecule has 0 aliphatic heterocycles. The van der Waals surface area contributed by atoms with E-state index >= 15 is 0 Å². The van der Waals surface area contributed by atoms with E-state index in [1.165, 1.54) is 0 Å². The van der Waals surface area contributed by atoms with Crippen molar-refractivity contribution in [1.29, 1.82) is 5.26 Å². The number of nitriles is 1. The van der Waals surface area contributed by atoms with Crippen LogP contribution in [0, 0.1) is 18.3 Å². The van der Waals surface area contributed by atoms with Crippen molar-refractivity contribution < 1.29 is 9.90 Å². The predicted molar refractivity (Wildman–Crippen MR) is 61.0 cm³/mol. The second-order valence-electron chi connectivity index (χ2n) is 3.94. The van der Waals surface area contributed by atoms with E-state index < -0.39 is 11.4 Å². The van der Waals surface area contributed by atoms with E-state index in [1.807, 2.05) is 25.1 Å². The normalized spacial score (nSPS) is 13.8. The summed E-state index contributed by atoms with van der Waals surface area (Å²) in [4.78, 5) is 11.4. The Morgan fingerprint density at radius 1 is 1.44 bits per heavy atom. The second-order valence-corrected chi connectivity index (χ2v) is 3.94. The Hall–Kier alpha value is -1.82. The topological polar surface area (TPSA) is 61.1 Å². The lowest BCUT2D eigenvalue weighted by molar-refractivity contribution is -0.143. The average Bonchev–Trinajstić information content (AvgIpc) is 2.27. The van der Waals surface area contributed by atoms with E-state index in [-0.39, 0.29) is 6.42 Å². The van der Waals surface area contributed by atoms with Crippen molar-refractivity contribution in [2.24, 2.45) is 0 Å². The Kier molecular flexibility index (Phi) is 3.68. The summed E-state index contributed by atoms with van der Waals surface area (Å²) < 4.78 is 0. The van der Waals surface area contributed by atoms with Crippen molar-refractivity contribution in [3.05, 3.63) is 35.4 Å². The summed E-state index contributed by atoms with van der Waals surface area (Å²) >= 11 is 0. The third-order valence-electron chi connectivity index (χ3n) is 3.00. The van der Waals surface area contributed by atoms with Gasteiger partial charge in [-0.2, -0.15) is 5.26 Å². The number of aliphatic carboxylic acids is 1. The molecule has 0 aliphatic rings. The van der Waals surface area contributed by atoms with Crippen LogP contribution in [-0.4, -0.2) is 11.1 Å². The highest BCUT2D eigenvalue weighted by atomic mass is 16.4. The maximum Gasteiger partial charge on any atom is 0.315 e. The second kappa shape index (κ2) is 4.80. The third-order valence-corrected chi connectivity index (χ3v) is 3.00. The molecule has 0 bridgehead atoms. The standard InChI is InChI=1S/C13H15NO2/c1-3-13(8-9-14,12(15)16)11-6-4-10(2)5-7-11/h4-7H,3,8H2,1-2H3,(H,15,16). The summed E-state index contributed by atoms with van der Waals surface area (Å²) in [7, 11) is 0. The minimum atomic E-state index is -1.07. The minimum Gasteiger partial charge on any atom is -0.481 e. The van der Waals surface area contributed by atoms with Gasteiger partial charge in [-0.15, -0.1) is 0 Å². The van der Waals surface area contributed by atoms with Gasteiger partial charge in [0.2, 0.25) is 0 Å². The molecule has 0 spiro atoms. The molecule has 0 aliphatic carbocycles. The summed E-state index contributed by atoms with van der Waals surface area (Å²) in [5, 5.41) is 18.1. The molecule has 0 radical (unpaired) electrons. The molecule has 3 heteroatoms. The molecular formula is C13H15NO2. The fraction of sp³-hybridized carbons (Fsp3) is 0.385. The summed E-state index contributed by atoms with van der Waals surface area (Å²) in [6, 6.07) is 9.32. The monoisotopic (exact) mass is 217 g/mol. The predicted octanol–water partition coefficient (Wildman–Crippen LogP) is 2.64. The van der Waals surface area contributed by atoms with Gasteiger partial charge in [0.15, 0.2) is 0 Å². The van der Waals surface area contributed by atoms with Crippen LogP contribution in [0.25, 0.3) is 0 Å². The van der Waals surface area contributed by atoms with E-state index in [2.05, 4.69) is 0 Å². The Balaban J connectivity index is 3.25. The Morgan fingerprint density at radius 2 is 2.00 bits per heavy atom. The van der Waals surface area contributed by atoms with E-state index in [9.17, 15) is 9.90 Å². The summed E-state index contributed by atoms with van der Waals surface area (Å²) in [5.41, 5.74) is 0.716. The molecule has 1 unspecified atom stereocenters. The molecule has 0 aromatic heterocycles. The maximum absolute atomic E-state index is 11.4.